The summed E-state index contributed by atoms with van der Waals surface area (Å²) < 4.78 is 40.0. The van der Waals surface area contributed by atoms with Crippen molar-refractivity contribution in [3.8, 4) is 11.8 Å². The molecule has 0 aliphatic rings. The third-order valence-electron chi connectivity index (χ3n) is 2.85. The van der Waals surface area contributed by atoms with Gasteiger partial charge in [0, 0.05) is 0 Å². The number of hydrogen-bond donors (Lipinski definition) is 1. The fourth-order valence-electron chi connectivity index (χ4n) is 1.87. The van der Waals surface area contributed by atoms with Crippen LogP contribution in [0.4, 0.5) is 13.2 Å². The predicted molar refractivity (Wildman–Crippen MR) is 77.6 cm³/mol. The van der Waals surface area contributed by atoms with E-state index in [0.29, 0.717) is 16.7 Å². The number of rotatable bonds is 3. The second kappa shape index (κ2) is 7.16. The Bertz CT molecular complexity index is 666. The van der Waals surface area contributed by atoms with Gasteiger partial charge < -0.3 is 10.5 Å². The number of nitrogens with two attached hydrogens (primary N) is 1. The molecule has 2 aromatic rings. The molecule has 0 fully saturated rings. The number of ether oxygens (including phenoxy) is 1. The van der Waals surface area contributed by atoms with Gasteiger partial charge in [-0.2, -0.15) is 5.26 Å². The van der Waals surface area contributed by atoms with Gasteiger partial charge in [0.1, 0.15) is 5.75 Å². The van der Waals surface area contributed by atoms with E-state index in [0.717, 1.165) is 0 Å². The molecule has 1 atom stereocenters. The maximum atomic E-state index is 12.1. The van der Waals surface area contributed by atoms with Gasteiger partial charge in [-0.3, -0.25) is 0 Å². The van der Waals surface area contributed by atoms with Crippen molar-refractivity contribution >= 4 is 12.4 Å². The van der Waals surface area contributed by atoms with Crippen molar-refractivity contribution < 1.29 is 17.9 Å². The van der Waals surface area contributed by atoms with E-state index in [-0.39, 0.29) is 18.2 Å². The molecule has 116 valence electrons. The van der Waals surface area contributed by atoms with Crippen LogP contribution in [0.1, 0.15) is 22.7 Å². The van der Waals surface area contributed by atoms with Gasteiger partial charge in [0.2, 0.25) is 0 Å². The topological polar surface area (TPSA) is 59.0 Å². The Morgan fingerprint density at radius 1 is 1.05 bits per heavy atom. The molecule has 22 heavy (non-hydrogen) atoms. The van der Waals surface area contributed by atoms with Crippen molar-refractivity contribution in [2.45, 2.75) is 12.4 Å². The lowest BCUT2D eigenvalue weighted by atomic mass is 9.98. The van der Waals surface area contributed by atoms with E-state index >= 15 is 0 Å². The van der Waals surface area contributed by atoms with Gasteiger partial charge in [-0.05, 0) is 35.4 Å². The minimum Gasteiger partial charge on any atom is -0.406 e. The molecule has 0 amide bonds. The summed E-state index contributed by atoms with van der Waals surface area (Å²) in [5.74, 6) is -0.302. The van der Waals surface area contributed by atoms with E-state index in [4.69, 9.17) is 11.0 Å². The Morgan fingerprint density at radius 2 is 1.68 bits per heavy atom. The Labute approximate surface area is 131 Å². The lowest BCUT2D eigenvalue weighted by Crippen LogP contribution is -2.17. The minimum atomic E-state index is -4.72. The number of benzene rings is 2. The van der Waals surface area contributed by atoms with Crippen molar-refractivity contribution in [3.05, 3.63) is 65.2 Å². The maximum Gasteiger partial charge on any atom is 0.573 e. The minimum absolute atomic E-state index is 0. The van der Waals surface area contributed by atoms with E-state index in [9.17, 15) is 13.2 Å². The van der Waals surface area contributed by atoms with Crippen molar-refractivity contribution in [1.82, 2.24) is 0 Å². The zero-order valence-corrected chi connectivity index (χ0v) is 12.0. The summed E-state index contributed by atoms with van der Waals surface area (Å²) >= 11 is 0. The van der Waals surface area contributed by atoms with E-state index in [2.05, 4.69) is 4.74 Å². The number of alkyl halides is 3. The zero-order chi connectivity index (χ0) is 15.5. The maximum absolute atomic E-state index is 12.1. The Kier molecular flexibility index (Phi) is 5.80. The largest absolute Gasteiger partial charge is 0.573 e. The summed E-state index contributed by atoms with van der Waals surface area (Å²) in [6.07, 6.45) is -4.72. The van der Waals surface area contributed by atoms with Crippen molar-refractivity contribution in [2.75, 3.05) is 0 Å². The van der Waals surface area contributed by atoms with Crippen LogP contribution in [0, 0.1) is 11.3 Å². The van der Waals surface area contributed by atoms with Crippen LogP contribution < -0.4 is 10.5 Å². The number of halogens is 4. The van der Waals surface area contributed by atoms with Gasteiger partial charge in [-0.1, -0.05) is 24.3 Å². The van der Waals surface area contributed by atoms with Crippen molar-refractivity contribution in [1.29, 1.82) is 5.26 Å². The fourth-order valence-corrected chi connectivity index (χ4v) is 1.87. The first-order valence-electron chi connectivity index (χ1n) is 6.00. The summed E-state index contributed by atoms with van der Waals surface area (Å²) in [5, 5.41) is 8.85. The fraction of sp³-hybridized carbons (Fsp3) is 0.133. The third kappa shape index (κ3) is 4.65. The van der Waals surface area contributed by atoms with Crippen LogP contribution in [0.2, 0.25) is 0 Å². The zero-order valence-electron chi connectivity index (χ0n) is 11.2. The average molecular weight is 329 g/mol. The Balaban J connectivity index is 0.00000242. The molecule has 0 heterocycles. The first-order chi connectivity index (χ1) is 9.89. The first-order valence-corrected chi connectivity index (χ1v) is 6.00. The molecule has 0 saturated carbocycles. The SMILES string of the molecule is Cl.N#Cc1cccc([C@H](N)c2ccc(OC(F)(F)F)cc2)c1. The van der Waals surface area contributed by atoms with Gasteiger partial charge in [0.05, 0.1) is 17.7 Å². The second-order valence-corrected chi connectivity index (χ2v) is 4.33. The highest BCUT2D eigenvalue weighted by atomic mass is 35.5. The predicted octanol–water partition coefficient (Wildman–Crippen LogP) is 3.93. The van der Waals surface area contributed by atoms with Crippen molar-refractivity contribution in [3.63, 3.8) is 0 Å². The molecule has 0 aliphatic heterocycles. The monoisotopic (exact) mass is 328 g/mol. The van der Waals surface area contributed by atoms with Crippen LogP contribution in [-0.2, 0) is 0 Å². The Hall–Kier alpha value is -2.23. The van der Waals surface area contributed by atoms with Crippen molar-refractivity contribution in [2.24, 2.45) is 5.73 Å². The smallest absolute Gasteiger partial charge is 0.406 e. The molecule has 0 bridgehead atoms. The van der Waals surface area contributed by atoms with Gasteiger partial charge in [-0.15, -0.1) is 25.6 Å². The van der Waals surface area contributed by atoms with E-state index in [1.807, 2.05) is 6.07 Å². The number of nitrogens with zero attached hydrogens (tertiary/aromatic N) is 1. The molecule has 2 rings (SSSR count). The Morgan fingerprint density at radius 3 is 2.23 bits per heavy atom. The third-order valence-corrected chi connectivity index (χ3v) is 2.85. The summed E-state index contributed by atoms with van der Waals surface area (Å²) in [7, 11) is 0. The average Bonchev–Trinajstić information content (AvgIpc) is 2.46. The van der Waals surface area contributed by atoms with Gasteiger partial charge in [-0.25, -0.2) is 0 Å². The molecule has 0 aromatic heterocycles. The van der Waals surface area contributed by atoms with Gasteiger partial charge in [0.25, 0.3) is 0 Å². The quantitative estimate of drug-likeness (QED) is 0.928. The molecule has 0 aliphatic carbocycles. The molecular formula is C15H12ClF3N2O. The lowest BCUT2D eigenvalue weighted by Gasteiger charge is -2.14. The van der Waals surface area contributed by atoms with Crippen LogP contribution in [0.5, 0.6) is 5.75 Å². The molecule has 0 unspecified atom stereocenters. The lowest BCUT2D eigenvalue weighted by molar-refractivity contribution is -0.274. The number of hydrogen-bond acceptors (Lipinski definition) is 3. The van der Waals surface area contributed by atoms with Gasteiger partial charge >= 0.3 is 6.36 Å². The first kappa shape index (κ1) is 17.8. The van der Waals surface area contributed by atoms with Crippen LogP contribution in [0.25, 0.3) is 0 Å². The molecule has 2 N–H and O–H groups in total. The van der Waals surface area contributed by atoms with E-state index in [1.165, 1.54) is 24.3 Å². The van der Waals surface area contributed by atoms with Crippen LogP contribution in [-0.4, -0.2) is 6.36 Å². The molecule has 7 heteroatoms. The summed E-state index contributed by atoms with van der Waals surface area (Å²) in [5.41, 5.74) is 7.85. The molecule has 3 nitrogen and oxygen atoms in total. The highest BCUT2D eigenvalue weighted by Crippen LogP contribution is 2.26. The normalized spacial score (nSPS) is 12.0. The molecule has 0 spiro atoms. The summed E-state index contributed by atoms with van der Waals surface area (Å²) in [6, 6.07) is 13.6. The summed E-state index contributed by atoms with van der Waals surface area (Å²) in [6.45, 7) is 0. The van der Waals surface area contributed by atoms with Crippen LogP contribution in [0.15, 0.2) is 48.5 Å². The highest BCUT2D eigenvalue weighted by Gasteiger charge is 2.31. The second-order valence-electron chi connectivity index (χ2n) is 4.33. The van der Waals surface area contributed by atoms with Gasteiger partial charge in [0.15, 0.2) is 0 Å². The molecule has 0 saturated heterocycles. The highest BCUT2D eigenvalue weighted by molar-refractivity contribution is 5.85. The standard InChI is InChI=1S/C15H11F3N2O.ClH/c16-15(17,18)21-13-6-4-11(5-7-13)14(20)12-3-1-2-10(8-12)9-19;/h1-8,14H,20H2;1H/t14-;/m1./s1. The molecular weight excluding hydrogens is 317 g/mol. The summed E-state index contributed by atoms with van der Waals surface area (Å²) in [4.78, 5) is 0. The van der Waals surface area contributed by atoms with Crippen LogP contribution >= 0.6 is 12.4 Å². The van der Waals surface area contributed by atoms with E-state index < -0.39 is 12.4 Å². The molecule has 2 aromatic carbocycles. The molecule has 0 radical (unpaired) electrons. The number of nitriles is 1. The van der Waals surface area contributed by atoms with E-state index in [1.54, 1.807) is 24.3 Å². The van der Waals surface area contributed by atoms with Crippen LogP contribution in [0.3, 0.4) is 0 Å².